The topological polar surface area (TPSA) is 110 Å². The molecule has 1 heterocycles. The van der Waals surface area contributed by atoms with Crippen molar-refractivity contribution in [2.45, 2.75) is 26.2 Å². The standard InChI is InChI=1S/C17H21N5O3/c1-11(12-3-4-12)17(23)19-8-2-7-18-16-14-9-13(22(24)25)5-6-15(14)20-10-21-16/h5-6,9-12H,2-4,7-8H2,1H3,(H,19,23)(H,18,20,21)/t11-/m0/s1. The molecule has 1 aromatic heterocycles. The summed E-state index contributed by atoms with van der Waals surface area (Å²) in [6, 6.07) is 4.51. The number of nitro groups is 1. The zero-order valence-corrected chi connectivity index (χ0v) is 14.1. The molecule has 0 unspecified atom stereocenters. The molecule has 0 spiro atoms. The van der Waals surface area contributed by atoms with E-state index in [0.29, 0.717) is 35.7 Å². The number of rotatable bonds is 8. The van der Waals surface area contributed by atoms with Gasteiger partial charge in [0.05, 0.1) is 10.4 Å². The first-order valence-electron chi connectivity index (χ1n) is 8.47. The minimum atomic E-state index is -0.438. The predicted molar refractivity (Wildman–Crippen MR) is 94.2 cm³/mol. The number of aromatic nitrogens is 2. The molecule has 0 radical (unpaired) electrons. The Balaban J connectivity index is 1.53. The van der Waals surface area contributed by atoms with Crippen molar-refractivity contribution in [2.24, 2.45) is 11.8 Å². The minimum absolute atomic E-state index is 0.00618. The van der Waals surface area contributed by atoms with Crippen molar-refractivity contribution in [3.05, 3.63) is 34.6 Å². The van der Waals surface area contributed by atoms with Gasteiger partial charge < -0.3 is 10.6 Å². The minimum Gasteiger partial charge on any atom is -0.369 e. The number of carbonyl (C=O) groups excluding carboxylic acids is 1. The molecule has 0 saturated heterocycles. The highest BCUT2D eigenvalue weighted by molar-refractivity contribution is 5.90. The summed E-state index contributed by atoms with van der Waals surface area (Å²) in [5.41, 5.74) is 0.654. The first-order valence-corrected chi connectivity index (χ1v) is 8.47. The molecule has 132 valence electrons. The van der Waals surface area contributed by atoms with Crippen molar-refractivity contribution < 1.29 is 9.72 Å². The smallest absolute Gasteiger partial charge is 0.270 e. The van der Waals surface area contributed by atoms with Crippen molar-refractivity contribution in [2.75, 3.05) is 18.4 Å². The molecule has 0 bridgehead atoms. The van der Waals surface area contributed by atoms with Gasteiger partial charge in [-0.05, 0) is 31.2 Å². The second-order valence-corrected chi connectivity index (χ2v) is 6.38. The van der Waals surface area contributed by atoms with Crippen LogP contribution in [0.1, 0.15) is 26.2 Å². The second-order valence-electron chi connectivity index (χ2n) is 6.38. The summed E-state index contributed by atoms with van der Waals surface area (Å²) in [5.74, 6) is 1.33. The number of benzene rings is 1. The van der Waals surface area contributed by atoms with Gasteiger partial charge in [0.1, 0.15) is 12.1 Å². The quantitative estimate of drug-likeness (QED) is 0.433. The highest BCUT2D eigenvalue weighted by atomic mass is 16.6. The zero-order chi connectivity index (χ0) is 17.8. The highest BCUT2D eigenvalue weighted by Crippen LogP contribution is 2.36. The molecular formula is C17H21N5O3. The van der Waals surface area contributed by atoms with Crippen LogP contribution in [0.2, 0.25) is 0 Å². The summed E-state index contributed by atoms with van der Waals surface area (Å²) in [4.78, 5) is 30.7. The molecule has 25 heavy (non-hydrogen) atoms. The lowest BCUT2D eigenvalue weighted by Crippen LogP contribution is -2.31. The van der Waals surface area contributed by atoms with Gasteiger partial charge in [-0.2, -0.15) is 0 Å². The lowest BCUT2D eigenvalue weighted by Gasteiger charge is -2.12. The van der Waals surface area contributed by atoms with Crippen molar-refractivity contribution in [1.29, 1.82) is 0 Å². The van der Waals surface area contributed by atoms with Gasteiger partial charge in [0.2, 0.25) is 5.91 Å². The second kappa shape index (κ2) is 7.42. The largest absolute Gasteiger partial charge is 0.369 e. The van der Waals surface area contributed by atoms with Gasteiger partial charge in [-0.15, -0.1) is 0 Å². The fourth-order valence-electron chi connectivity index (χ4n) is 2.78. The Morgan fingerprint density at radius 3 is 2.88 bits per heavy atom. The Hall–Kier alpha value is -2.77. The first kappa shape index (κ1) is 17.1. The van der Waals surface area contributed by atoms with E-state index >= 15 is 0 Å². The van der Waals surface area contributed by atoms with E-state index in [1.54, 1.807) is 6.07 Å². The molecular weight excluding hydrogens is 322 g/mol. The monoisotopic (exact) mass is 343 g/mol. The number of amides is 1. The van der Waals surface area contributed by atoms with E-state index in [1.807, 2.05) is 6.92 Å². The summed E-state index contributed by atoms with van der Waals surface area (Å²) in [6.07, 6.45) is 4.48. The van der Waals surface area contributed by atoms with E-state index in [1.165, 1.54) is 18.5 Å². The van der Waals surface area contributed by atoms with Crippen LogP contribution in [0.5, 0.6) is 0 Å². The van der Waals surface area contributed by atoms with Crippen LogP contribution in [0.15, 0.2) is 24.5 Å². The number of nitro benzene ring substituents is 1. The number of non-ortho nitro benzene ring substituents is 1. The molecule has 1 atom stereocenters. The van der Waals surface area contributed by atoms with E-state index in [2.05, 4.69) is 20.6 Å². The third-order valence-electron chi connectivity index (χ3n) is 4.52. The average molecular weight is 343 g/mol. The van der Waals surface area contributed by atoms with Gasteiger partial charge >= 0.3 is 0 Å². The summed E-state index contributed by atoms with van der Waals surface area (Å²) < 4.78 is 0. The molecule has 1 aliphatic rings. The Labute approximate surface area is 145 Å². The molecule has 1 aliphatic carbocycles. The van der Waals surface area contributed by atoms with Crippen LogP contribution in [0.25, 0.3) is 10.9 Å². The molecule has 1 amide bonds. The third-order valence-corrected chi connectivity index (χ3v) is 4.52. The van der Waals surface area contributed by atoms with Gasteiger partial charge in [0.25, 0.3) is 5.69 Å². The Kier molecular flexibility index (Phi) is 5.06. The molecule has 8 nitrogen and oxygen atoms in total. The number of fused-ring (bicyclic) bond motifs is 1. The van der Waals surface area contributed by atoms with Gasteiger partial charge in [-0.3, -0.25) is 14.9 Å². The summed E-state index contributed by atoms with van der Waals surface area (Å²) in [6.45, 7) is 3.17. The van der Waals surface area contributed by atoms with Gasteiger partial charge in [-0.25, -0.2) is 9.97 Å². The lowest BCUT2D eigenvalue weighted by molar-refractivity contribution is -0.384. The maximum absolute atomic E-state index is 11.9. The summed E-state index contributed by atoms with van der Waals surface area (Å²) in [5, 5.41) is 17.7. The number of anilines is 1. The fourth-order valence-corrected chi connectivity index (χ4v) is 2.78. The number of nitrogens with one attached hydrogen (secondary N) is 2. The first-order chi connectivity index (χ1) is 12.1. The number of nitrogens with zero attached hydrogens (tertiary/aromatic N) is 3. The van der Waals surface area contributed by atoms with Crippen LogP contribution in [0, 0.1) is 22.0 Å². The van der Waals surface area contributed by atoms with E-state index in [9.17, 15) is 14.9 Å². The van der Waals surface area contributed by atoms with Crippen LogP contribution < -0.4 is 10.6 Å². The van der Waals surface area contributed by atoms with Crippen molar-refractivity contribution in [3.8, 4) is 0 Å². The van der Waals surface area contributed by atoms with Crippen LogP contribution >= 0.6 is 0 Å². The molecule has 3 rings (SSSR count). The summed E-state index contributed by atoms with van der Waals surface area (Å²) >= 11 is 0. The van der Waals surface area contributed by atoms with Crippen LogP contribution in [-0.4, -0.2) is 33.9 Å². The van der Waals surface area contributed by atoms with E-state index in [4.69, 9.17) is 0 Å². The van der Waals surface area contributed by atoms with E-state index in [0.717, 1.165) is 19.3 Å². The maximum Gasteiger partial charge on any atom is 0.270 e. The van der Waals surface area contributed by atoms with Gasteiger partial charge in [-0.1, -0.05) is 6.92 Å². The van der Waals surface area contributed by atoms with Crippen LogP contribution in [-0.2, 0) is 4.79 Å². The Bertz CT molecular complexity index is 791. The highest BCUT2D eigenvalue weighted by Gasteiger charge is 2.32. The van der Waals surface area contributed by atoms with Crippen LogP contribution in [0.3, 0.4) is 0 Å². The Morgan fingerprint density at radius 2 is 2.16 bits per heavy atom. The summed E-state index contributed by atoms with van der Waals surface area (Å²) in [7, 11) is 0. The molecule has 2 aromatic rings. The fraction of sp³-hybridized carbons (Fsp3) is 0.471. The van der Waals surface area contributed by atoms with Crippen LogP contribution in [0.4, 0.5) is 11.5 Å². The average Bonchev–Trinajstić information content (AvgIpc) is 3.45. The zero-order valence-electron chi connectivity index (χ0n) is 14.1. The SMILES string of the molecule is C[C@H](C(=O)NCCCNc1ncnc2ccc([N+](=O)[O-])cc12)C1CC1. The number of hydrogen-bond donors (Lipinski definition) is 2. The molecule has 1 fully saturated rings. The molecule has 1 aromatic carbocycles. The van der Waals surface area contributed by atoms with Gasteiger partial charge in [0.15, 0.2) is 0 Å². The molecule has 1 saturated carbocycles. The molecule has 8 heteroatoms. The predicted octanol–water partition coefficient (Wildman–Crippen LogP) is 2.50. The maximum atomic E-state index is 11.9. The Morgan fingerprint density at radius 1 is 1.36 bits per heavy atom. The van der Waals surface area contributed by atoms with Crippen molar-refractivity contribution in [1.82, 2.24) is 15.3 Å². The third kappa shape index (κ3) is 4.20. The van der Waals surface area contributed by atoms with E-state index < -0.39 is 4.92 Å². The van der Waals surface area contributed by atoms with E-state index in [-0.39, 0.29) is 17.5 Å². The van der Waals surface area contributed by atoms with Gasteiger partial charge in [0, 0.05) is 36.5 Å². The molecule has 2 N–H and O–H groups in total. The number of hydrogen-bond acceptors (Lipinski definition) is 6. The lowest BCUT2D eigenvalue weighted by atomic mass is 10.1. The number of carbonyl (C=O) groups is 1. The molecule has 0 aliphatic heterocycles. The normalized spacial score (nSPS) is 14.9. The van der Waals surface area contributed by atoms with Crippen molar-refractivity contribution >= 4 is 28.3 Å². The van der Waals surface area contributed by atoms with Crippen molar-refractivity contribution in [3.63, 3.8) is 0 Å².